The lowest BCUT2D eigenvalue weighted by atomic mass is 10.1. The molecule has 0 spiro atoms. The number of hydrogen-bond acceptors (Lipinski definition) is 4. The number of hydrogen-bond donors (Lipinski definition) is 1. The summed E-state index contributed by atoms with van der Waals surface area (Å²) < 4.78 is 17.0. The lowest BCUT2D eigenvalue weighted by molar-refractivity contribution is -0.150. The maximum atomic E-state index is 12.0. The van der Waals surface area contributed by atoms with Gasteiger partial charge in [0.25, 0.3) is 0 Å². The first-order valence-corrected chi connectivity index (χ1v) is 9.54. The maximum Gasteiger partial charge on any atom is 0.387 e. The normalized spacial score (nSPS) is 12.5. The van der Waals surface area contributed by atoms with Crippen LogP contribution in [0.15, 0.2) is 60.7 Å². The Balaban J connectivity index is 1.66. The van der Waals surface area contributed by atoms with E-state index >= 15 is 0 Å². The van der Waals surface area contributed by atoms with Crippen LogP contribution in [0.3, 0.4) is 0 Å². The van der Waals surface area contributed by atoms with E-state index < -0.39 is 19.6 Å². The number of aliphatic hydroxyl groups is 1. The van der Waals surface area contributed by atoms with E-state index in [4.69, 9.17) is 4.74 Å². The van der Waals surface area contributed by atoms with Crippen LogP contribution >= 0.6 is 7.80 Å². The largest absolute Gasteiger partial charge is 0.456 e. The molecule has 126 valence electrons. The second kappa shape index (κ2) is 9.96. The Morgan fingerprint density at radius 2 is 1.54 bits per heavy atom. The smallest absolute Gasteiger partial charge is 0.387 e. The van der Waals surface area contributed by atoms with Gasteiger partial charge in [0.15, 0.2) is 0 Å². The SMILES string of the molecule is O=C(OCc1ccccc1)C(O)[P+](=O)CCCCc1ccccc1. The molecule has 2 unspecified atom stereocenters. The van der Waals surface area contributed by atoms with E-state index in [2.05, 4.69) is 12.1 Å². The lowest BCUT2D eigenvalue weighted by Crippen LogP contribution is -2.20. The number of benzene rings is 2. The van der Waals surface area contributed by atoms with Gasteiger partial charge in [0.05, 0.1) is 0 Å². The third-order valence-corrected chi connectivity index (χ3v) is 5.16. The number of esters is 1. The second-order valence-electron chi connectivity index (χ2n) is 5.55. The summed E-state index contributed by atoms with van der Waals surface area (Å²) in [6, 6.07) is 19.2. The van der Waals surface area contributed by atoms with E-state index in [-0.39, 0.29) is 6.61 Å². The molecule has 0 aromatic heterocycles. The minimum atomic E-state index is -2.01. The second-order valence-corrected chi connectivity index (χ2v) is 7.32. The Morgan fingerprint density at radius 3 is 2.17 bits per heavy atom. The summed E-state index contributed by atoms with van der Waals surface area (Å²) >= 11 is 0. The van der Waals surface area contributed by atoms with Crippen molar-refractivity contribution in [2.75, 3.05) is 6.16 Å². The van der Waals surface area contributed by atoms with Gasteiger partial charge in [-0.25, -0.2) is 4.79 Å². The van der Waals surface area contributed by atoms with E-state index in [1.807, 2.05) is 48.5 Å². The zero-order valence-corrected chi connectivity index (χ0v) is 14.4. The number of rotatable bonds is 9. The van der Waals surface area contributed by atoms with Crippen molar-refractivity contribution in [2.24, 2.45) is 0 Å². The van der Waals surface area contributed by atoms with Crippen LogP contribution in [0.25, 0.3) is 0 Å². The van der Waals surface area contributed by atoms with Gasteiger partial charge in [-0.15, -0.1) is 0 Å². The van der Waals surface area contributed by atoms with Crippen molar-refractivity contribution >= 4 is 13.8 Å². The number of aryl methyl sites for hydroxylation is 1. The first-order chi connectivity index (χ1) is 11.7. The highest BCUT2D eigenvalue weighted by Gasteiger charge is 2.36. The number of unbranched alkanes of at least 4 members (excludes halogenated alkanes) is 1. The van der Waals surface area contributed by atoms with Gasteiger partial charge in [-0.3, -0.25) is 0 Å². The molecule has 4 nitrogen and oxygen atoms in total. The molecule has 2 aromatic carbocycles. The summed E-state index contributed by atoms with van der Waals surface area (Å²) in [6.45, 7) is 0.0773. The Kier molecular flexibility index (Phi) is 7.60. The van der Waals surface area contributed by atoms with Crippen LogP contribution in [-0.2, 0) is 27.1 Å². The molecule has 0 aliphatic heterocycles. The number of carbonyl (C=O) groups is 1. The summed E-state index contributed by atoms with van der Waals surface area (Å²) in [7, 11) is -2.01. The van der Waals surface area contributed by atoms with Crippen molar-refractivity contribution in [3.63, 3.8) is 0 Å². The molecule has 2 aromatic rings. The highest BCUT2D eigenvalue weighted by atomic mass is 31.1. The zero-order valence-electron chi connectivity index (χ0n) is 13.5. The molecule has 0 saturated heterocycles. The molecule has 0 fully saturated rings. The minimum Gasteiger partial charge on any atom is -0.456 e. The predicted octanol–water partition coefficient (Wildman–Crippen LogP) is 3.90. The summed E-state index contributed by atoms with van der Waals surface area (Å²) in [5.41, 5.74) is 2.06. The first-order valence-electron chi connectivity index (χ1n) is 8.03. The van der Waals surface area contributed by atoms with Crippen LogP contribution in [0.4, 0.5) is 0 Å². The van der Waals surface area contributed by atoms with Gasteiger partial charge in [0.1, 0.15) is 12.8 Å². The topological polar surface area (TPSA) is 63.6 Å². The average Bonchev–Trinajstić information content (AvgIpc) is 2.64. The van der Waals surface area contributed by atoms with Crippen molar-refractivity contribution in [2.45, 2.75) is 31.7 Å². The van der Waals surface area contributed by atoms with Crippen molar-refractivity contribution in [3.8, 4) is 0 Å². The molecular weight excluding hydrogens is 323 g/mol. The molecule has 2 atom stereocenters. The number of ether oxygens (including phenoxy) is 1. The molecular formula is C19H22O4P+. The van der Waals surface area contributed by atoms with Crippen LogP contribution in [0.2, 0.25) is 0 Å². The van der Waals surface area contributed by atoms with E-state index in [9.17, 15) is 14.5 Å². The quantitative estimate of drug-likeness (QED) is 0.425. The monoisotopic (exact) mass is 345 g/mol. The molecule has 0 amide bonds. The Morgan fingerprint density at radius 1 is 0.958 bits per heavy atom. The molecule has 0 aliphatic carbocycles. The van der Waals surface area contributed by atoms with E-state index in [0.29, 0.717) is 12.6 Å². The number of aliphatic hydroxyl groups excluding tert-OH is 1. The van der Waals surface area contributed by atoms with Gasteiger partial charge in [-0.05, 0) is 30.4 Å². The molecule has 2 rings (SSSR count). The average molecular weight is 345 g/mol. The molecule has 0 aliphatic rings. The molecule has 24 heavy (non-hydrogen) atoms. The van der Waals surface area contributed by atoms with E-state index in [1.54, 1.807) is 0 Å². The molecule has 0 radical (unpaired) electrons. The third-order valence-electron chi connectivity index (χ3n) is 3.64. The fourth-order valence-electron chi connectivity index (χ4n) is 2.28. The van der Waals surface area contributed by atoms with Crippen LogP contribution in [0, 0.1) is 0 Å². The molecule has 0 heterocycles. The van der Waals surface area contributed by atoms with E-state index in [0.717, 1.165) is 18.4 Å². The van der Waals surface area contributed by atoms with Crippen molar-refractivity contribution < 1.29 is 19.2 Å². The molecule has 0 saturated carbocycles. The fraction of sp³-hybridized carbons (Fsp3) is 0.316. The summed E-state index contributed by atoms with van der Waals surface area (Å²) in [6.07, 6.45) is 2.80. The van der Waals surface area contributed by atoms with Crippen LogP contribution in [0.5, 0.6) is 0 Å². The van der Waals surface area contributed by atoms with Crippen molar-refractivity contribution in [1.29, 1.82) is 0 Å². The summed E-state index contributed by atoms with van der Waals surface area (Å²) in [5, 5.41) is 9.82. The first kappa shape index (κ1) is 18.3. The standard InChI is InChI=1S/C19H22O4P/c20-18(23-15-17-12-5-2-6-13-17)19(21)24(22)14-8-7-11-16-9-3-1-4-10-16/h1-6,9-10,12-13,19,21H,7-8,11,14-15H2/q+1. The molecule has 5 heteroatoms. The van der Waals surface area contributed by atoms with Gasteiger partial charge < -0.3 is 9.84 Å². The third kappa shape index (κ3) is 6.23. The van der Waals surface area contributed by atoms with Gasteiger partial charge in [-0.2, -0.15) is 0 Å². The van der Waals surface area contributed by atoms with Gasteiger partial charge in [-0.1, -0.05) is 65.2 Å². The van der Waals surface area contributed by atoms with Gasteiger partial charge in [0.2, 0.25) is 0 Å². The van der Waals surface area contributed by atoms with E-state index in [1.165, 1.54) is 5.56 Å². The lowest BCUT2D eigenvalue weighted by Gasteiger charge is -2.04. The van der Waals surface area contributed by atoms with Gasteiger partial charge >= 0.3 is 19.6 Å². The summed E-state index contributed by atoms with van der Waals surface area (Å²) in [5.74, 6) is -2.36. The Bertz CT molecular complexity index is 643. The highest BCUT2D eigenvalue weighted by Crippen LogP contribution is 2.29. The predicted molar refractivity (Wildman–Crippen MR) is 94.1 cm³/mol. The van der Waals surface area contributed by atoms with Crippen molar-refractivity contribution in [3.05, 3.63) is 71.8 Å². The number of carbonyl (C=O) groups excluding carboxylic acids is 1. The van der Waals surface area contributed by atoms with Crippen LogP contribution < -0.4 is 0 Å². The highest BCUT2D eigenvalue weighted by molar-refractivity contribution is 7.46. The van der Waals surface area contributed by atoms with Gasteiger partial charge in [0, 0.05) is 0 Å². The fourth-order valence-corrected chi connectivity index (χ4v) is 3.37. The Hall–Kier alpha value is -2.03. The molecule has 0 bridgehead atoms. The minimum absolute atomic E-state index is 0.0773. The molecule has 1 N–H and O–H groups in total. The van der Waals surface area contributed by atoms with Crippen LogP contribution in [0.1, 0.15) is 24.0 Å². The Labute approximate surface area is 143 Å². The summed E-state index contributed by atoms with van der Waals surface area (Å²) in [4.78, 5) is 11.8. The zero-order chi connectivity index (χ0) is 17.2. The van der Waals surface area contributed by atoms with Crippen LogP contribution in [-0.4, -0.2) is 23.1 Å². The maximum absolute atomic E-state index is 12.0. The van der Waals surface area contributed by atoms with Crippen molar-refractivity contribution in [1.82, 2.24) is 0 Å².